The molecule has 2 aliphatic rings. The maximum atomic E-state index is 12.6. The number of carbonyl (C=O) groups is 3. The minimum atomic E-state index is -1.04. The fourth-order valence-electron chi connectivity index (χ4n) is 4.38. The molecule has 8 heteroatoms. The van der Waals surface area contributed by atoms with Crippen LogP contribution in [0.25, 0.3) is 11.1 Å². The second-order valence-corrected chi connectivity index (χ2v) is 8.67. The van der Waals surface area contributed by atoms with Gasteiger partial charge in [-0.2, -0.15) is 0 Å². The highest BCUT2D eigenvalue weighted by Gasteiger charge is 2.30. The molecule has 3 N–H and O–H groups in total. The van der Waals surface area contributed by atoms with Crippen molar-refractivity contribution in [3.05, 3.63) is 59.7 Å². The lowest BCUT2D eigenvalue weighted by molar-refractivity contribution is -0.137. The number of nitrogens with one attached hydrogen (secondary N) is 2. The Kier molecular flexibility index (Phi) is 7.80. The lowest BCUT2D eigenvalue weighted by Gasteiger charge is -2.25. The van der Waals surface area contributed by atoms with Crippen LogP contribution in [0.4, 0.5) is 4.79 Å². The topological polar surface area (TPSA) is 114 Å². The Balaban J connectivity index is 1.32. The molecule has 0 bridgehead atoms. The summed E-state index contributed by atoms with van der Waals surface area (Å²) < 4.78 is 11.1. The summed E-state index contributed by atoms with van der Waals surface area (Å²) in [5.74, 6) is -1.60. The third kappa shape index (κ3) is 5.75. The molecule has 180 valence electrons. The number of hydrogen-bond donors (Lipinski definition) is 3. The maximum absolute atomic E-state index is 12.6. The Labute approximate surface area is 198 Å². The van der Waals surface area contributed by atoms with Crippen LogP contribution in [-0.2, 0) is 19.1 Å². The van der Waals surface area contributed by atoms with E-state index in [4.69, 9.17) is 14.6 Å². The van der Waals surface area contributed by atoms with Crippen molar-refractivity contribution in [1.82, 2.24) is 10.6 Å². The Morgan fingerprint density at radius 3 is 2.24 bits per heavy atom. The number of hydrogen-bond acceptors (Lipinski definition) is 5. The van der Waals surface area contributed by atoms with Crippen LogP contribution in [0.2, 0.25) is 0 Å². The number of carboxylic acids is 1. The van der Waals surface area contributed by atoms with Crippen LogP contribution in [-0.4, -0.2) is 55.0 Å². The molecule has 0 saturated heterocycles. The number of rotatable bonds is 11. The van der Waals surface area contributed by atoms with Gasteiger partial charge in [0.25, 0.3) is 0 Å². The van der Waals surface area contributed by atoms with Gasteiger partial charge in [0.1, 0.15) is 12.6 Å². The van der Waals surface area contributed by atoms with E-state index in [1.807, 2.05) is 36.4 Å². The van der Waals surface area contributed by atoms with Crippen molar-refractivity contribution in [1.29, 1.82) is 0 Å². The van der Waals surface area contributed by atoms with Gasteiger partial charge >= 0.3 is 12.1 Å². The van der Waals surface area contributed by atoms with Crippen molar-refractivity contribution < 1.29 is 29.0 Å². The van der Waals surface area contributed by atoms with Gasteiger partial charge in [0, 0.05) is 18.9 Å². The van der Waals surface area contributed by atoms with E-state index in [9.17, 15) is 14.4 Å². The van der Waals surface area contributed by atoms with Crippen LogP contribution in [0, 0.1) is 0 Å². The number of fused-ring (bicyclic) bond motifs is 3. The molecule has 0 radical (unpaired) electrons. The summed E-state index contributed by atoms with van der Waals surface area (Å²) in [5, 5.41) is 14.3. The van der Waals surface area contributed by atoms with E-state index in [-0.39, 0.29) is 31.5 Å². The monoisotopic (exact) mass is 466 g/mol. The highest BCUT2D eigenvalue weighted by atomic mass is 16.5. The van der Waals surface area contributed by atoms with Crippen LogP contribution in [0.3, 0.4) is 0 Å². The third-order valence-electron chi connectivity index (χ3n) is 6.41. The van der Waals surface area contributed by atoms with Gasteiger partial charge in [-0.15, -0.1) is 0 Å². The maximum Gasteiger partial charge on any atom is 0.407 e. The summed E-state index contributed by atoms with van der Waals surface area (Å²) in [7, 11) is 0. The van der Waals surface area contributed by atoms with Gasteiger partial charge in [-0.3, -0.25) is 9.59 Å². The zero-order chi connectivity index (χ0) is 23.9. The van der Waals surface area contributed by atoms with Gasteiger partial charge in [-0.1, -0.05) is 48.5 Å². The standard InChI is InChI=1S/C26H30N2O6/c29-24(30)13-12-23(25(31)27-14-15-33-17-6-5-7-17)28-26(32)34-16-22-20-10-3-1-8-18(20)19-9-2-4-11-21(19)22/h1-4,8-11,17,22-23H,5-7,12-16H2,(H,27,31)(H,28,32)(H,29,30). The first-order valence-corrected chi connectivity index (χ1v) is 11.8. The number of ether oxygens (including phenoxy) is 2. The molecule has 1 atom stereocenters. The van der Waals surface area contributed by atoms with Crippen molar-refractivity contribution in [2.24, 2.45) is 0 Å². The third-order valence-corrected chi connectivity index (χ3v) is 6.41. The van der Waals surface area contributed by atoms with Crippen molar-refractivity contribution in [2.45, 2.75) is 50.2 Å². The minimum absolute atomic E-state index is 0.0329. The summed E-state index contributed by atoms with van der Waals surface area (Å²) in [5.41, 5.74) is 4.41. The van der Waals surface area contributed by atoms with Crippen molar-refractivity contribution in [2.75, 3.05) is 19.8 Å². The quantitative estimate of drug-likeness (QED) is 0.437. The summed E-state index contributed by atoms with van der Waals surface area (Å²) in [4.78, 5) is 36.2. The number of carboxylic acid groups (broad SMARTS) is 1. The van der Waals surface area contributed by atoms with Gasteiger partial charge in [-0.05, 0) is 47.9 Å². The molecule has 2 aromatic carbocycles. The molecule has 1 saturated carbocycles. The van der Waals surface area contributed by atoms with Gasteiger partial charge < -0.3 is 25.2 Å². The molecular formula is C26H30N2O6. The zero-order valence-electron chi connectivity index (χ0n) is 19.0. The van der Waals surface area contributed by atoms with E-state index in [0.717, 1.165) is 35.1 Å². The predicted molar refractivity (Wildman–Crippen MR) is 125 cm³/mol. The molecule has 2 aromatic rings. The number of aliphatic carboxylic acids is 1. The first-order chi connectivity index (χ1) is 16.5. The Bertz CT molecular complexity index is 990. The molecule has 8 nitrogen and oxygen atoms in total. The van der Waals surface area contributed by atoms with E-state index in [0.29, 0.717) is 13.2 Å². The summed E-state index contributed by atoms with van der Waals surface area (Å²) >= 11 is 0. The van der Waals surface area contributed by atoms with Gasteiger partial charge in [0.15, 0.2) is 0 Å². The average Bonchev–Trinajstić information content (AvgIpc) is 3.12. The van der Waals surface area contributed by atoms with Gasteiger partial charge in [0.05, 0.1) is 12.7 Å². The molecule has 1 fully saturated rings. The highest BCUT2D eigenvalue weighted by Crippen LogP contribution is 2.44. The van der Waals surface area contributed by atoms with Crippen molar-refractivity contribution in [3.63, 3.8) is 0 Å². The van der Waals surface area contributed by atoms with Gasteiger partial charge in [0.2, 0.25) is 5.91 Å². The van der Waals surface area contributed by atoms with E-state index in [1.165, 1.54) is 6.42 Å². The van der Waals surface area contributed by atoms with E-state index in [2.05, 4.69) is 22.8 Å². The Hall–Kier alpha value is -3.39. The lowest BCUT2D eigenvalue weighted by Crippen LogP contribution is -2.48. The number of amides is 2. The second kappa shape index (κ2) is 11.2. The molecule has 0 heterocycles. The van der Waals surface area contributed by atoms with Crippen LogP contribution in [0.15, 0.2) is 48.5 Å². The molecule has 2 amide bonds. The second-order valence-electron chi connectivity index (χ2n) is 8.67. The molecular weight excluding hydrogens is 436 g/mol. The largest absolute Gasteiger partial charge is 0.481 e. The molecule has 0 spiro atoms. The predicted octanol–water partition coefficient (Wildman–Crippen LogP) is 3.44. The van der Waals surface area contributed by atoms with E-state index in [1.54, 1.807) is 0 Å². The summed E-state index contributed by atoms with van der Waals surface area (Å²) in [6.45, 7) is 0.792. The number of benzene rings is 2. The van der Waals surface area contributed by atoms with E-state index < -0.39 is 24.0 Å². The molecule has 34 heavy (non-hydrogen) atoms. The van der Waals surface area contributed by atoms with Crippen molar-refractivity contribution in [3.8, 4) is 11.1 Å². The smallest absolute Gasteiger partial charge is 0.407 e. The van der Waals surface area contributed by atoms with Crippen LogP contribution in [0.5, 0.6) is 0 Å². The fraction of sp³-hybridized carbons (Fsp3) is 0.423. The molecule has 0 aromatic heterocycles. The normalized spacial score (nSPS) is 15.5. The van der Waals surface area contributed by atoms with Crippen LogP contribution >= 0.6 is 0 Å². The first-order valence-electron chi connectivity index (χ1n) is 11.8. The lowest BCUT2D eigenvalue weighted by atomic mass is 9.96. The van der Waals surface area contributed by atoms with Gasteiger partial charge in [-0.25, -0.2) is 4.79 Å². The Morgan fingerprint density at radius 1 is 1.00 bits per heavy atom. The Morgan fingerprint density at radius 2 is 1.65 bits per heavy atom. The summed E-state index contributed by atoms with van der Waals surface area (Å²) in [6.07, 6.45) is 2.47. The molecule has 4 rings (SSSR count). The fourth-order valence-corrected chi connectivity index (χ4v) is 4.38. The first kappa shape index (κ1) is 23.8. The van der Waals surface area contributed by atoms with Crippen LogP contribution in [0.1, 0.15) is 49.1 Å². The minimum Gasteiger partial charge on any atom is -0.481 e. The average molecular weight is 467 g/mol. The van der Waals surface area contributed by atoms with Crippen LogP contribution < -0.4 is 10.6 Å². The molecule has 0 aliphatic heterocycles. The number of alkyl carbamates (subject to hydrolysis) is 1. The van der Waals surface area contributed by atoms with Crippen molar-refractivity contribution >= 4 is 18.0 Å². The highest BCUT2D eigenvalue weighted by molar-refractivity contribution is 5.86. The SMILES string of the molecule is O=C(O)CCC(NC(=O)OCC1c2ccccc2-c2ccccc21)C(=O)NCCOC1CCC1. The van der Waals surface area contributed by atoms with E-state index >= 15 is 0 Å². The molecule has 2 aliphatic carbocycles. The number of carbonyl (C=O) groups excluding carboxylic acids is 2. The molecule has 1 unspecified atom stereocenters. The zero-order valence-corrected chi connectivity index (χ0v) is 19.0. The summed E-state index contributed by atoms with van der Waals surface area (Å²) in [6, 6.07) is 15.0.